The fraction of sp³-hybridized carbons (Fsp3) is 0.750. The third-order valence-corrected chi connectivity index (χ3v) is 3.23. The number of rotatable bonds is 3. The van der Waals surface area contributed by atoms with Crippen LogP contribution in [0.25, 0.3) is 0 Å². The molecule has 0 saturated heterocycles. The Hall–Kier alpha value is -0.580. The van der Waals surface area contributed by atoms with E-state index in [2.05, 4.69) is 32.9 Å². The van der Waals surface area contributed by atoms with Crippen LogP contribution in [0.5, 0.6) is 0 Å². The predicted octanol–water partition coefficient (Wildman–Crippen LogP) is 1.67. The Labute approximate surface area is 85.6 Å². The van der Waals surface area contributed by atoms with E-state index in [0.29, 0.717) is 5.95 Å². The quantitative estimate of drug-likeness (QED) is 0.881. The second kappa shape index (κ2) is 3.29. The average Bonchev–Trinajstić information content (AvgIpc) is 2.74. The number of nitrogen functional groups attached to an aromatic ring is 1. The molecule has 1 aromatic heterocycles. The first kappa shape index (κ1) is 8.99. The lowest BCUT2D eigenvalue weighted by Crippen LogP contribution is -2.04. The van der Waals surface area contributed by atoms with Crippen molar-refractivity contribution in [2.75, 3.05) is 5.73 Å². The highest BCUT2D eigenvalue weighted by Crippen LogP contribution is 2.42. The maximum atomic E-state index is 5.47. The van der Waals surface area contributed by atoms with Gasteiger partial charge in [0.25, 0.3) is 0 Å². The Morgan fingerprint density at radius 2 is 2.38 bits per heavy atom. The molecule has 0 amide bonds. The van der Waals surface area contributed by atoms with Gasteiger partial charge >= 0.3 is 0 Å². The van der Waals surface area contributed by atoms with Crippen molar-refractivity contribution in [2.45, 2.75) is 26.3 Å². The Morgan fingerprint density at radius 3 is 2.85 bits per heavy atom. The summed E-state index contributed by atoms with van der Waals surface area (Å²) >= 11 is 3.32. The summed E-state index contributed by atoms with van der Waals surface area (Å²) in [5.74, 6) is 2.01. The SMILES string of the molecule is CCC1CC1Cn1nc(N)nc1Br. The zero-order valence-corrected chi connectivity index (χ0v) is 9.16. The Bertz CT molecular complexity index is 309. The van der Waals surface area contributed by atoms with Gasteiger partial charge in [-0.2, -0.15) is 4.98 Å². The van der Waals surface area contributed by atoms with E-state index >= 15 is 0 Å². The second-order valence-corrected chi connectivity index (χ2v) is 4.29. The van der Waals surface area contributed by atoms with Crippen LogP contribution in [-0.4, -0.2) is 14.8 Å². The standard InChI is InChI=1S/C8H13BrN4/c1-2-5-3-6(5)4-13-7(9)11-8(10)12-13/h5-6H,2-4H2,1H3,(H2,10,12). The summed E-state index contributed by atoms with van der Waals surface area (Å²) in [5, 5.41) is 4.10. The molecular formula is C8H13BrN4. The molecule has 4 nitrogen and oxygen atoms in total. The first-order valence-electron chi connectivity index (χ1n) is 4.56. The van der Waals surface area contributed by atoms with Gasteiger partial charge in [0.05, 0.1) is 0 Å². The van der Waals surface area contributed by atoms with E-state index in [-0.39, 0.29) is 0 Å². The Balaban J connectivity index is 1.99. The molecule has 0 spiro atoms. The Kier molecular flexibility index (Phi) is 2.27. The number of aromatic nitrogens is 3. The van der Waals surface area contributed by atoms with Crippen LogP contribution in [0.2, 0.25) is 0 Å². The molecule has 0 radical (unpaired) electrons. The van der Waals surface area contributed by atoms with Crippen molar-refractivity contribution in [3.05, 3.63) is 4.73 Å². The molecule has 2 atom stereocenters. The zero-order valence-electron chi connectivity index (χ0n) is 7.57. The molecule has 13 heavy (non-hydrogen) atoms. The molecule has 2 N–H and O–H groups in total. The minimum atomic E-state index is 0.348. The highest BCUT2D eigenvalue weighted by molar-refractivity contribution is 9.10. The molecule has 1 fully saturated rings. The number of nitrogens with two attached hydrogens (primary N) is 1. The minimum absolute atomic E-state index is 0.348. The van der Waals surface area contributed by atoms with Crippen molar-refractivity contribution in [1.82, 2.24) is 14.8 Å². The van der Waals surface area contributed by atoms with Gasteiger partial charge in [0.1, 0.15) is 0 Å². The average molecular weight is 245 g/mol. The van der Waals surface area contributed by atoms with Crippen LogP contribution in [0.3, 0.4) is 0 Å². The molecule has 1 aliphatic rings. The highest BCUT2D eigenvalue weighted by Gasteiger charge is 2.35. The zero-order chi connectivity index (χ0) is 9.42. The molecule has 5 heteroatoms. The molecule has 1 saturated carbocycles. The molecule has 2 unspecified atom stereocenters. The number of hydrogen-bond acceptors (Lipinski definition) is 3. The van der Waals surface area contributed by atoms with Gasteiger partial charge in [-0.3, -0.25) is 0 Å². The second-order valence-electron chi connectivity index (χ2n) is 3.59. The molecule has 2 rings (SSSR count). The van der Waals surface area contributed by atoms with Crippen molar-refractivity contribution in [1.29, 1.82) is 0 Å². The number of halogens is 1. The third kappa shape index (κ3) is 1.85. The number of nitrogens with zero attached hydrogens (tertiary/aromatic N) is 3. The molecule has 72 valence electrons. The van der Waals surface area contributed by atoms with Crippen LogP contribution in [0.1, 0.15) is 19.8 Å². The minimum Gasteiger partial charge on any atom is -0.366 e. The van der Waals surface area contributed by atoms with Crippen LogP contribution in [0, 0.1) is 11.8 Å². The molecule has 0 aromatic carbocycles. The summed E-state index contributed by atoms with van der Waals surface area (Å²) in [6.45, 7) is 3.18. The first-order chi connectivity index (χ1) is 6.20. The van der Waals surface area contributed by atoms with Gasteiger partial charge < -0.3 is 5.73 Å². The maximum absolute atomic E-state index is 5.47. The van der Waals surface area contributed by atoms with Crippen molar-refractivity contribution < 1.29 is 0 Å². The third-order valence-electron chi connectivity index (χ3n) is 2.64. The van der Waals surface area contributed by atoms with Crippen molar-refractivity contribution >= 4 is 21.9 Å². The van der Waals surface area contributed by atoms with Gasteiger partial charge in [-0.05, 0) is 34.2 Å². The largest absolute Gasteiger partial charge is 0.366 e. The van der Waals surface area contributed by atoms with Crippen molar-refractivity contribution in [2.24, 2.45) is 11.8 Å². The van der Waals surface area contributed by atoms with E-state index in [1.807, 2.05) is 4.68 Å². The van der Waals surface area contributed by atoms with E-state index in [0.717, 1.165) is 23.1 Å². The molecule has 0 aliphatic heterocycles. The van der Waals surface area contributed by atoms with Crippen LogP contribution >= 0.6 is 15.9 Å². The maximum Gasteiger partial charge on any atom is 0.240 e. The molecule has 0 bridgehead atoms. The lowest BCUT2D eigenvalue weighted by atomic mass is 10.2. The van der Waals surface area contributed by atoms with Gasteiger partial charge in [-0.1, -0.05) is 13.3 Å². The molecule has 1 heterocycles. The fourth-order valence-electron chi connectivity index (χ4n) is 1.71. The summed E-state index contributed by atoms with van der Waals surface area (Å²) in [7, 11) is 0. The van der Waals surface area contributed by atoms with E-state index in [9.17, 15) is 0 Å². The lowest BCUT2D eigenvalue weighted by Gasteiger charge is -1.99. The summed E-state index contributed by atoms with van der Waals surface area (Å²) in [4.78, 5) is 3.99. The topological polar surface area (TPSA) is 56.7 Å². The van der Waals surface area contributed by atoms with Gasteiger partial charge in [0, 0.05) is 6.54 Å². The summed E-state index contributed by atoms with van der Waals surface area (Å²) in [5.41, 5.74) is 5.47. The van der Waals surface area contributed by atoms with Gasteiger partial charge in [-0.25, -0.2) is 4.68 Å². The van der Waals surface area contributed by atoms with Crippen LogP contribution in [0.15, 0.2) is 4.73 Å². The van der Waals surface area contributed by atoms with Gasteiger partial charge in [-0.15, -0.1) is 5.10 Å². The predicted molar refractivity (Wildman–Crippen MR) is 54.0 cm³/mol. The summed E-state index contributed by atoms with van der Waals surface area (Å²) < 4.78 is 2.59. The van der Waals surface area contributed by atoms with Crippen molar-refractivity contribution in [3.63, 3.8) is 0 Å². The molecule has 1 aliphatic carbocycles. The Morgan fingerprint density at radius 1 is 1.62 bits per heavy atom. The monoisotopic (exact) mass is 244 g/mol. The normalized spacial score (nSPS) is 26.3. The first-order valence-corrected chi connectivity index (χ1v) is 5.35. The van der Waals surface area contributed by atoms with E-state index in [1.165, 1.54) is 12.8 Å². The highest BCUT2D eigenvalue weighted by atomic mass is 79.9. The molecular weight excluding hydrogens is 232 g/mol. The van der Waals surface area contributed by atoms with Gasteiger partial charge in [0.15, 0.2) is 4.73 Å². The van der Waals surface area contributed by atoms with Crippen LogP contribution < -0.4 is 5.73 Å². The van der Waals surface area contributed by atoms with Crippen molar-refractivity contribution in [3.8, 4) is 0 Å². The fourth-order valence-corrected chi connectivity index (χ4v) is 2.12. The smallest absolute Gasteiger partial charge is 0.240 e. The molecule has 1 aromatic rings. The van der Waals surface area contributed by atoms with Crippen LogP contribution in [0.4, 0.5) is 5.95 Å². The summed E-state index contributed by atoms with van der Waals surface area (Å²) in [6.07, 6.45) is 2.59. The van der Waals surface area contributed by atoms with Gasteiger partial charge in [0.2, 0.25) is 5.95 Å². The number of anilines is 1. The lowest BCUT2D eigenvalue weighted by molar-refractivity contribution is 0.516. The van der Waals surface area contributed by atoms with Crippen LogP contribution in [-0.2, 0) is 6.54 Å². The number of hydrogen-bond donors (Lipinski definition) is 1. The van der Waals surface area contributed by atoms with E-state index in [4.69, 9.17) is 5.73 Å². The summed E-state index contributed by atoms with van der Waals surface area (Å²) in [6, 6.07) is 0. The van der Waals surface area contributed by atoms with E-state index < -0.39 is 0 Å². The van der Waals surface area contributed by atoms with E-state index in [1.54, 1.807) is 0 Å².